The lowest BCUT2D eigenvalue weighted by Gasteiger charge is -2.11. The molecule has 1 aromatic carbocycles. The summed E-state index contributed by atoms with van der Waals surface area (Å²) in [5, 5.41) is 0.00273. The van der Waals surface area contributed by atoms with Gasteiger partial charge in [-0.05, 0) is 28.9 Å². The lowest BCUT2D eigenvalue weighted by molar-refractivity contribution is 0.450. The van der Waals surface area contributed by atoms with E-state index in [0.717, 1.165) is 0 Å². The van der Waals surface area contributed by atoms with Crippen LogP contribution in [0.5, 0.6) is 11.6 Å². The van der Waals surface area contributed by atoms with Gasteiger partial charge in [0.2, 0.25) is 5.88 Å². The first-order valence-electron chi connectivity index (χ1n) is 5.13. The smallest absolute Gasteiger partial charge is 0.227 e. The van der Waals surface area contributed by atoms with Gasteiger partial charge in [-0.25, -0.2) is 20.2 Å². The van der Waals surface area contributed by atoms with Crippen LogP contribution in [-0.4, -0.2) is 9.97 Å². The number of anilines is 1. The third kappa shape index (κ3) is 2.94. The Labute approximate surface area is 122 Å². The third-order valence-corrected chi connectivity index (χ3v) is 3.27. The Kier molecular flexibility index (Phi) is 4.18. The van der Waals surface area contributed by atoms with Crippen LogP contribution in [0.1, 0.15) is 5.56 Å². The molecular weight excluding hydrogens is 339 g/mol. The second kappa shape index (κ2) is 5.68. The summed E-state index contributed by atoms with van der Waals surface area (Å²) >= 11 is 8.89. The summed E-state index contributed by atoms with van der Waals surface area (Å²) in [7, 11) is 0. The molecule has 0 spiro atoms. The van der Waals surface area contributed by atoms with Crippen molar-refractivity contribution in [3.05, 3.63) is 39.3 Å². The number of nitrogens with one attached hydrogen (secondary N) is 1. The first-order chi connectivity index (χ1) is 9.02. The minimum atomic E-state index is -0.580. The topological polar surface area (TPSA) is 73.1 Å². The van der Waals surface area contributed by atoms with Crippen molar-refractivity contribution >= 4 is 33.3 Å². The van der Waals surface area contributed by atoms with Crippen molar-refractivity contribution < 1.29 is 9.13 Å². The minimum absolute atomic E-state index is 0.00273. The van der Waals surface area contributed by atoms with Gasteiger partial charge in [-0.2, -0.15) is 0 Å². The SMILES string of the molecule is Cc1c(NN)ncnc1Oc1cc(F)c(Cl)cc1Br. The first kappa shape index (κ1) is 14.0. The average molecular weight is 348 g/mol. The van der Waals surface area contributed by atoms with Gasteiger partial charge < -0.3 is 10.2 Å². The van der Waals surface area contributed by atoms with Crippen molar-refractivity contribution in [1.82, 2.24) is 9.97 Å². The Morgan fingerprint density at radius 1 is 1.42 bits per heavy atom. The van der Waals surface area contributed by atoms with Crippen molar-refractivity contribution in [2.24, 2.45) is 5.84 Å². The van der Waals surface area contributed by atoms with E-state index in [-0.39, 0.29) is 16.7 Å². The molecule has 0 aliphatic rings. The van der Waals surface area contributed by atoms with E-state index in [1.54, 1.807) is 6.92 Å². The van der Waals surface area contributed by atoms with E-state index < -0.39 is 5.82 Å². The lowest BCUT2D eigenvalue weighted by atomic mass is 10.3. The molecular formula is C11H9BrClFN4O. The van der Waals surface area contributed by atoms with Crippen LogP contribution in [0.2, 0.25) is 5.02 Å². The zero-order chi connectivity index (χ0) is 14.0. The Balaban J connectivity index is 2.39. The van der Waals surface area contributed by atoms with Crippen LogP contribution in [0.3, 0.4) is 0 Å². The second-order valence-electron chi connectivity index (χ2n) is 3.60. The molecule has 0 radical (unpaired) electrons. The summed E-state index contributed by atoms with van der Waals surface area (Å²) in [5.41, 5.74) is 3.02. The summed E-state index contributed by atoms with van der Waals surface area (Å²) in [5.74, 6) is 5.68. The highest BCUT2D eigenvalue weighted by atomic mass is 79.9. The van der Waals surface area contributed by atoms with Crippen molar-refractivity contribution in [3.8, 4) is 11.6 Å². The van der Waals surface area contributed by atoms with Gasteiger partial charge in [0.15, 0.2) is 0 Å². The molecule has 5 nitrogen and oxygen atoms in total. The second-order valence-corrected chi connectivity index (χ2v) is 4.86. The molecule has 3 N–H and O–H groups in total. The fourth-order valence-corrected chi connectivity index (χ4v) is 2.09. The van der Waals surface area contributed by atoms with E-state index in [2.05, 4.69) is 31.3 Å². The van der Waals surface area contributed by atoms with Crippen LogP contribution in [0.4, 0.5) is 10.2 Å². The number of nitrogen functional groups attached to an aromatic ring is 1. The molecule has 0 unspecified atom stereocenters. The number of benzene rings is 1. The van der Waals surface area contributed by atoms with E-state index in [1.807, 2.05) is 0 Å². The summed E-state index contributed by atoms with van der Waals surface area (Å²) in [6, 6.07) is 2.58. The van der Waals surface area contributed by atoms with Crippen LogP contribution in [0, 0.1) is 12.7 Å². The molecule has 0 amide bonds. The molecule has 0 fully saturated rings. The molecule has 0 bridgehead atoms. The monoisotopic (exact) mass is 346 g/mol. The fourth-order valence-electron chi connectivity index (χ4n) is 1.37. The summed E-state index contributed by atoms with van der Waals surface area (Å²) in [6.45, 7) is 1.73. The largest absolute Gasteiger partial charge is 0.437 e. The Hall–Kier alpha value is -1.44. The quantitative estimate of drug-likeness (QED) is 0.506. The summed E-state index contributed by atoms with van der Waals surface area (Å²) in [6.07, 6.45) is 1.29. The van der Waals surface area contributed by atoms with Gasteiger partial charge in [-0.15, -0.1) is 0 Å². The van der Waals surface area contributed by atoms with Crippen molar-refractivity contribution in [1.29, 1.82) is 0 Å². The van der Waals surface area contributed by atoms with Gasteiger partial charge >= 0.3 is 0 Å². The first-order valence-corrected chi connectivity index (χ1v) is 6.30. The van der Waals surface area contributed by atoms with Gasteiger partial charge in [0, 0.05) is 6.07 Å². The standard InChI is InChI=1S/C11H9BrClFN4O/c1-5-10(18-15)16-4-17-11(5)19-9-3-8(14)7(13)2-6(9)12/h2-4H,15H2,1H3,(H,16,17,18). The van der Waals surface area contributed by atoms with Gasteiger partial charge in [0.05, 0.1) is 15.1 Å². The lowest BCUT2D eigenvalue weighted by Crippen LogP contribution is -2.11. The van der Waals surface area contributed by atoms with Crippen molar-refractivity contribution in [3.63, 3.8) is 0 Å². The van der Waals surface area contributed by atoms with Crippen LogP contribution in [0.25, 0.3) is 0 Å². The molecule has 19 heavy (non-hydrogen) atoms. The summed E-state index contributed by atoms with van der Waals surface area (Å²) in [4.78, 5) is 7.89. The maximum absolute atomic E-state index is 13.4. The van der Waals surface area contributed by atoms with Gasteiger partial charge in [-0.3, -0.25) is 0 Å². The van der Waals surface area contributed by atoms with Gasteiger partial charge in [-0.1, -0.05) is 11.6 Å². The Morgan fingerprint density at radius 2 is 2.16 bits per heavy atom. The molecule has 8 heteroatoms. The molecule has 100 valence electrons. The maximum atomic E-state index is 13.4. The van der Waals surface area contributed by atoms with Crippen LogP contribution >= 0.6 is 27.5 Å². The van der Waals surface area contributed by atoms with Crippen molar-refractivity contribution in [2.75, 3.05) is 5.43 Å². The van der Waals surface area contributed by atoms with Crippen LogP contribution in [0.15, 0.2) is 22.9 Å². The van der Waals surface area contributed by atoms with E-state index in [9.17, 15) is 4.39 Å². The Bertz CT molecular complexity index is 626. The molecule has 1 aromatic heterocycles. The molecule has 0 aliphatic carbocycles. The highest BCUT2D eigenvalue weighted by molar-refractivity contribution is 9.10. The average Bonchev–Trinajstić information content (AvgIpc) is 2.38. The molecule has 1 heterocycles. The number of nitrogens with two attached hydrogens (primary N) is 1. The van der Waals surface area contributed by atoms with E-state index in [0.29, 0.717) is 15.9 Å². The van der Waals surface area contributed by atoms with E-state index in [1.165, 1.54) is 18.5 Å². The number of aromatic nitrogens is 2. The number of ether oxygens (including phenoxy) is 1. The molecule has 0 aliphatic heterocycles. The summed E-state index contributed by atoms with van der Waals surface area (Å²) < 4.78 is 19.4. The number of halogens is 3. The van der Waals surface area contributed by atoms with E-state index >= 15 is 0 Å². The van der Waals surface area contributed by atoms with Crippen LogP contribution < -0.4 is 16.0 Å². The zero-order valence-corrected chi connectivity index (χ0v) is 12.1. The number of hydrogen-bond acceptors (Lipinski definition) is 5. The van der Waals surface area contributed by atoms with Crippen molar-refractivity contribution in [2.45, 2.75) is 6.92 Å². The molecule has 2 rings (SSSR count). The number of rotatable bonds is 3. The van der Waals surface area contributed by atoms with Gasteiger partial charge in [0.1, 0.15) is 23.7 Å². The maximum Gasteiger partial charge on any atom is 0.227 e. The molecule has 0 saturated heterocycles. The highest BCUT2D eigenvalue weighted by Gasteiger charge is 2.13. The normalized spacial score (nSPS) is 10.4. The predicted molar refractivity (Wildman–Crippen MR) is 73.8 cm³/mol. The highest BCUT2D eigenvalue weighted by Crippen LogP contribution is 2.34. The third-order valence-electron chi connectivity index (χ3n) is 2.36. The number of hydrazine groups is 1. The molecule has 0 saturated carbocycles. The van der Waals surface area contributed by atoms with Crippen LogP contribution in [-0.2, 0) is 0 Å². The molecule has 0 atom stereocenters. The van der Waals surface area contributed by atoms with E-state index in [4.69, 9.17) is 22.2 Å². The van der Waals surface area contributed by atoms with Gasteiger partial charge in [0.25, 0.3) is 0 Å². The molecule has 2 aromatic rings. The predicted octanol–water partition coefficient (Wildman–Crippen LogP) is 3.42. The Morgan fingerprint density at radius 3 is 2.84 bits per heavy atom. The minimum Gasteiger partial charge on any atom is -0.437 e. The fraction of sp³-hybridized carbons (Fsp3) is 0.0909. The number of hydrogen-bond donors (Lipinski definition) is 2. The zero-order valence-electron chi connectivity index (χ0n) is 9.75. The number of nitrogens with zero attached hydrogens (tertiary/aromatic N) is 2.